The molecule has 0 aromatic heterocycles. The first-order valence-electron chi connectivity index (χ1n) is 10.5. The number of nitrogens with zero attached hydrogens (tertiary/aromatic N) is 2. The number of hydrogen-bond donors (Lipinski definition) is 2. The van der Waals surface area contributed by atoms with Gasteiger partial charge in [-0.25, -0.2) is 4.99 Å². The minimum Gasteiger partial charge on any atom is -0.379 e. The maximum Gasteiger partial charge on any atom is 0.251 e. The van der Waals surface area contributed by atoms with E-state index in [1.165, 1.54) is 12.8 Å². The third kappa shape index (κ3) is 9.80. The van der Waals surface area contributed by atoms with Gasteiger partial charge < -0.3 is 20.3 Å². The van der Waals surface area contributed by atoms with Crippen LogP contribution in [0.5, 0.6) is 0 Å². The van der Waals surface area contributed by atoms with E-state index in [4.69, 9.17) is 9.73 Å². The van der Waals surface area contributed by atoms with Crippen LogP contribution in [-0.4, -0.2) is 56.2 Å². The van der Waals surface area contributed by atoms with Gasteiger partial charge in [-0.1, -0.05) is 19.1 Å². The fraction of sp³-hybridized carbons (Fsp3) is 0.636. The fourth-order valence-corrected chi connectivity index (χ4v) is 2.70. The first kappa shape index (κ1) is 25.7. The first-order valence-corrected chi connectivity index (χ1v) is 10.5. The predicted molar refractivity (Wildman–Crippen MR) is 130 cm³/mol. The predicted octanol–water partition coefficient (Wildman–Crippen LogP) is 3.66. The average Bonchev–Trinajstić information content (AvgIpc) is 3.52. The molecule has 1 fully saturated rings. The Morgan fingerprint density at radius 2 is 2.10 bits per heavy atom. The molecule has 1 aliphatic carbocycles. The van der Waals surface area contributed by atoms with Crippen LogP contribution in [0.15, 0.2) is 29.3 Å². The third-order valence-electron chi connectivity index (χ3n) is 4.91. The summed E-state index contributed by atoms with van der Waals surface area (Å²) in [4.78, 5) is 19.2. The normalized spacial score (nSPS) is 14.7. The second-order valence-corrected chi connectivity index (χ2v) is 7.59. The molecule has 1 aromatic rings. The molecule has 164 valence electrons. The molecule has 0 saturated heterocycles. The number of carbonyl (C=O) groups is 1. The SMILES string of the molecule is CCNC(=NCc1cccc(C(=O)NC(C)CC)c1)N(C)CCOCC1CC1.I. The van der Waals surface area contributed by atoms with Crippen LogP contribution in [0.1, 0.15) is 56.0 Å². The lowest BCUT2D eigenvalue weighted by Gasteiger charge is -2.22. The Labute approximate surface area is 192 Å². The minimum absolute atomic E-state index is 0. The van der Waals surface area contributed by atoms with Crippen molar-refractivity contribution in [2.75, 3.05) is 33.4 Å². The Bertz CT molecular complexity index is 649. The van der Waals surface area contributed by atoms with Gasteiger partial charge in [-0.15, -0.1) is 24.0 Å². The number of guanidine groups is 1. The zero-order chi connectivity index (χ0) is 20.4. The van der Waals surface area contributed by atoms with Gasteiger partial charge in [0, 0.05) is 38.3 Å². The Balaban J connectivity index is 0.00000420. The van der Waals surface area contributed by atoms with E-state index >= 15 is 0 Å². The largest absolute Gasteiger partial charge is 0.379 e. The molecule has 29 heavy (non-hydrogen) atoms. The van der Waals surface area contributed by atoms with Crippen molar-refractivity contribution in [2.45, 2.75) is 52.6 Å². The van der Waals surface area contributed by atoms with Crippen molar-refractivity contribution >= 4 is 35.8 Å². The van der Waals surface area contributed by atoms with E-state index in [-0.39, 0.29) is 35.9 Å². The summed E-state index contributed by atoms with van der Waals surface area (Å²) >= 11 is 0. The van der Waals surface area contributed by atoms with Gasteiger partial charge in [0.25, 0.3) is 5.91 Å². The molecule has 0 aliphatic heterocycles. The minimum atomic E-state index is -0.0305. The summed E-state index contributed by atoms with van der Waals surface area (Å²) < 4.78 is 5.73. The molecular formula is C22H37IN4O2. The van der Waals surface area contributed by atoms with Crippen LogP contribution in [0.3, 0.4) is 0 Å². The molecule has 0 radical (unpaired) electrons. The zero-order valence-corrected chi connectivity index (χ0v) is 20.6. The van der Waals surface area contributed by atoms with Crippen LogP contribution in [-0.2, 0) is 11.3 Å². The van der Waals surface area contributed by atoms with Crippen molar-refractivity contribution in [3.05, 3.63) is 35.4 Å². The number of benzene rings is 1. The number of ether oxygens (including phenoxy) is 1. The molecule has 6 nitrogen and oxygen atoms in total. The van der Waals surface area contributed by atoms with Crippen LogP contribution >= 0.6 is 24.0 Å². The molecule has 7 heteroatoms. The molecule has 1 saturated carbocycles. The number of rotatable bonds is 11. The topological polar surface area (TPSA) is 66.0 Å². The summed E-state index contributed by atoms with van der Waals surface area (Å²) in [7, 11) is 2.03. The van der Waals surface area contributed by atoms with Crippen molar-refractivity contribution < 1.29 is 9.53 Å². The van der Waals surface area contributed by atoms with Crippen LogP contribution in [0.4, 0.5) is 0 Å². The van der Waals surface area contributed by atoms with Gasteiger partial charge in [0.05, 0.1) is 13.2 Å². The lowest BCUT2D eigenvalue weighted by molar-refractivity contribution is 0.0939. The lowest BCUT2D eigenvalue weighted by atomic mass is 10.1. The summed E-state index contributed by atoms with van der Waals surface area (Å²) in [5.41, 5.74) is 1.70. The number of hydrogen-bond acceptors (Lipinski definition) is 3. The summed E-state index contributed by atoms with van der Waals surface area (Å²) in [6.45, 7) is 9.87. The summed E-state index contributed by atoms with van der Waals surface area (Å²) in [6, 6.07) is 7.86. The highest BCUT2D eigenvalue weighted by atomic mass is 127. The molecule has 1 atom stereocenters. The average molecular weight is 516 g/mol. The highest BCUT2D eigenvalue weighted by Gasteiger charge is 2.21. The van der Waals surface area contributed by atoms with Crippen molar-refractivity contribution in [2.24, 2.45) is 10.9 Å². The fourth-order valence-electron chi connectivity index (χ4n) is 2.70. The van der Waals surface area contributed by atoms with Crippen LogP contribution < -0.4 is 10.6 Å². The number of carbonyl (C=O) groups excluding carboxylic acids is 1. The highest BCUT2D eigenvalue weighted by Crippen LogP contribution is 2.28. The van der Waals surface area contributed by atoms with Gasteiger partial charge in [-0.2, -0.15) is 0 Å². The van der Waals surface area contributed by atoms with E-state index in [1.807, 2.05) is 38.2 Å². The standard InChI is InChI=1S/C22H36N4O2.HI/c1-5-17(3)25-21(27)20-9-7-8-19(14-20)15-24-22(23-6-2)26(4)12-13-28-16-18-10-11-18;/h7-9,14,17-18H,5-6,10-13,15-16H2,1-4H3,(H,23,24)(H,25,27);1H. The molecule has 0 spiro atoms. The van der Waals surface area contributed by atoms with Crippen molar-refractivity contribution in [1.82, 2.24) is 15.5 Å². The Morgan fingerprint density at radius 1 is 1.34 bits per heavy atom. The summed E-state index contributed by atoms with van der Waals surface area (Å²) in [5, 5.41) is 6.34. The van der Waals surface area contributed by atoms with Crippen molar-refractivity contribution in [1.29, 1.82) is 0 Å². The molecule has 2 rings (SSSR count). The van der Waals surface area contributed by atoms with Crippen molar-refractivity contribution in [3.63, 3.8) is 0 Å². The van der Waals surface area contributed by atoms with Gasteiger partial charge in [0.2, 0.25) is 0 Å². The van der Waals surface area contributed by atoms with Gasteiger partial charge >= 0.3 is 0 Å². The molecular weight excluding hydrogens is 479 g/mol. The van der Waals surface area contributed by atoms with Gasteiger partial charge in [-0.3, -0.25) is 4.79 Å². The smallest absolute Gasteiger partial charge is 0.251 e. The quantitative estimate of drug-likeness (QED) is 0.204. The molecule has 2 N–H and O–H groups in total. The number of aliphatic imine (C=N–C) groups is 1. The summed E-state index contributed by atoms with van der Waals surface area (Å²) in [5.74, 6) is 1.61. The maximum atomic E-state index is 12.3. The van der Waals surface area contributed by atoms with E-state index < -0.39 is 0 Å². The number of nitrogens with one attached hydrogen (secondary N) is 2. The summed E-state index contributed by atoms with van der Waals surface area (Å²) in [6.07, 6.45) is 3.54. The van der Waals surface area contributed by atoms with Gasteiger partial charge in [0.1, 0.15) is 0 Å². The van der Waals surface area contributed by atoms with Crippen LogP contribution in [0.2, 0.25) is 0 Å². The Morgan fingerprint density at radius 3 is 2.76 bits per heavy atom. The first-order chi connectivity index (χ1) is 13.5. The van der Waals surface area contributed by atoms with Gasteiger partial charge in [0.15, 0.2) is 5.96 Å². The van der Waals surface area contributed by atoms with E-state index in [0.29, 0.717) is 18.7 Å². The van der Waals surface area contributed by atoms with E-state index in [0.717, 1.165) is 43.6 Å². The monoisotopic (exact) mass is 516 g/mol. The van der Waals surface area contributed by atoms with Crippen LogP contribution in [0, 0.1) is 5.92 Å². The van der Waals surface area contributed by atoms with Crippen LogP contribution in [0.25, 0.3) is 0 Å². The molecule has 1 unspecified atom stereocenters. The van der Waals surface area contributed by atoms with E-state index in [2.05, 4.69) is 29.4 Å². The van der Waals surface area contributed by atoms with Crippen molar-refractivity contribution in [3.8, 4) is 0 Å². The Hall–Kier alpha value is -1.35. The molecule has 0 heterocycles. The molecule has 1 aromatic carbocycles. The maximum absolute atomic E-state index is 12.3. The van der Waals surface area contributed by atoms with E-state index in [1.54, 1.807) is 0 Å². The molecule has 1 aliphatic rings. The lowest BCUT2D eigenvalue weighted by Crippen LogP contribution is -2.40. The van der Waals surface area contributed by atoms with E-state index in [9.17, 15) is 4.79 Å². The molecule has 1 amide bonds. The number of halogens is 1. The second-order valence-electron chi connectivity index (χ2n) is 7.59. The number of likely N-dealkylation sites (N-methyl/N-ethyl adjacent to an activating group) is 1. The zero-order valence-electron chi connectivity index (χ0n) is 18.2. The highest BCUT2D eigenvalue weighted by molar-refractivity contribution is 14.0. The second kappa shape index (κ2) is 13.8. The Kier molecular flexibility index (Phi) is 12.2. The van der Waals surface area contributed by atoms with Gasteiger partial charge in [-0.05, 0) is 56.7 Å². The molecule has 0 bridgehead atoms. The number of amides is 1. The third-order valence-corrected chi connectivity index (χ3v) is 4.91.